The molecule has 226 valence electrons. The predicted molar refractivity (Wildman–Crippen MR) is 146 cm³/mol. The first kappa shape index (κ1) is 33.0. The van der Waals surface area contributed by atoms with Gasteiger partial charge in [0.15, 0.2) is 0 Å². The van der Waals surface area contributed by atoms with E-state index in [-0.39, 0.29) is 30.8 Å². The van der Waals surface area contributed by atoms with Crippen molar-refractivity contribution in [2.75, 3.05) is 13.1 Å². The van der Waals surface area contributed by atoms with Crippen molar-refractivity contribution >= 4 is 35.6 Å². The summed E-state index contributed by atoms with van der Waals surface area (Å²) in [7, 11) is 0. The predicted octanol–water partition coefficient (Wildman–Crippen LogP) is -1.64. The second-order valence-corrected chi connectivity index (χ2v) is 9.24. The first-order chi connectivity index (χ1) is 19.9. The lowest BCUT2D eigenvalue weighted by Crippen LogP contribution is -2.56. The van der Waals surface area contributed by atoms with Crippen LogP contribution < -0.4 is 27.0 Å². The van der Waals surface area contributed by atoms with Crippen LogP contribution in [0.3, 0.4) is 0 Å². The molecule has 0 bridgehead atoms. The lowest BCUT2D eigenvalue weighted by molar-refractivity contribution is -0.143. The molecular formula is C27H33N5O10. The Balaban J connectivity index is 2.18. The maximum atomic E-state index is 13.3. The molecule has 2 aromatic carbocycles. The molecule has 0 unspecified atom stereocenters. The van der Waals surface area contributed by atoms with Gasteiger partial charge in [-0.3, -0.25) is 24.0 Å². The lowest BCUT2D eigenvalue weighted by Gasteiger charge is -2.23. The Kier molecular flexibility index (Phi) is 12.7. The monoisotopic (exact) mass is 587 g/mol. The summed E-state index contributed by atoms with van der Waals surface area (Å²) < 4.78 is 0. The number of hydrogen-bond donors (Lipinski definition) is 9. The van der Waals surface area contributed by atoms with Gasteiger partial charge in [-0.15, -0.1) is 0 Å². The first-order valence-electron chi connectivity index (χ1n) is 12.7. The van der Waals surface area contributed by atoms with Gasteiger partial charge in [0.2, 0.25) is 23.6 Å². The van der Waals surface area contributed by atoms with Crippen LogP contribution >= 0.6 is 0 Å². The van der Waals surface area contributed by atoms with E-state index in [1.807, 2.05) is 0 Å². The molecule has 0 aromatic heterocycles. The molecule has 0 spiro atoms. The largest absolute Gasteiger partial charge is 0.508 e. The third-order valence-electron chi connectivity index (χ3n) is 5.93. The molecule has 0 radical (unpaired) electrons. The zero-order valence-electron chi connectivity index (χ0n) is 22.4. The van der Waals surface area contributed by atoms with E-state index in [0.717, 1.165) is 0 Å². The molecule has 3 atom stereocenters. The third kappa shape index (κ3) is 11.5. The molecule has 0 saturated heterocycles. The number of aromatic hydroxyl groups is 2. The van der Waals surface area contributed by atoms with Crippen molar-refractivity contribution in [3.8, 4) is 11.5 Å². The number of nitrogens with one attached hydrogen (secondary N) is 4. The van der Waals surface area contributed by atoms with Gasteiger partial charge in [0, 0.05) is 19.3 Å². The Morgan fingerprint density at radius 2 is 1.14 bits per heavy atom. The van der Waals surface area contributed by atoms with E-state index in [2.05, 4.69) is 21.3 Å². The number of aliphatic carboxylic acids is 2. The number of phenols is 2. The fourth-order valence-electron chi connectivity index (χ4n) is 3.74. The third-order valence-corrected chi connectivity index (χ3v) is 5.93. The Morgan fingerprint density at radius 1 is 0.667 bits per heavy atom. The topological polar surface area (TPSA) is 257 Å². The average molecular weight is 588 g/mol. The van der Waals surface area contributed by atoms with E-state index in [4.69, 9.17) is 10.8 Å². The van der Waals surface area contributed by atoms with Gasteiger partial charge < -0.3 is 47.4 Å². The second-order valence-electron chi connectivity index (χ2n) is 9.24. The number of carboxylic acids is 2. The molecule has 15 heteroatoms. The fraction of sp³-hybridized carbons (Fsp3) is 0.333. The standard InChI is InChI=1S/C27H33N5O10/c28-13-22(35)31-21(12-16-3-7-18(34)8-4-16)26(40)32-20(11-15-1-5-17(33)6-2-15)25(39)29-14-23(36)30-19(27(41)42)9-10-24(37)38/h1-8,19-21,33-34H,9-14,28H2,(H,29,39)(H,30,36)(H,31,35)(H,32,40)(H,37,38)(H,41,42)/t19-,20-,21-/m0/s1. The minimum atomic E-state index is -1.50. The van der Waals surface area contributed by atoms with Gasteiger partial charge in [0.05, 0.1) is 13.1 Å². The molecule has 0 saturated carbocycles. The average Bonchev–Trinajstić information content (AvgIpc) is 2.95. The van der Waals surface area contributed by atoms with Crippen molar-refractivity contribution in [2.45, 2.75) is 43.8 Å². The maximum absolute atomic E-state index is 13.3. The van der Waals surface area contributed by atoms with Crippen LogP contribution in [0.4, 0.5) is 0 Å². The molecule has 10 N–H and O–H groups in total. The Labute approximate surface area is 240 Å². The molecule has 0 aliphatic heterocycles. The highest BCUT2D eigenvalue weighted by Gasteiger charge is 2.28. The molecular weight excluding hydrogens is 554 g/mol. The van der Waals surface area contributed by atoms with Gasteiger partial charge in [-0.1, -0.05) is 24.3 Å². The number of phenolic OH excluding ortho intramolecular Hbond substituents is 2. The number of rotatable bonds is 16. The number of amides is 4. The number of carbonyl (C=O) groups is 6. The summed E-state index contributed by atoms with van der Waals surface area (Å²) in [6, 6.07) is 7.71. The van der Waals surface area contributed by atoms with Crippen molar-refractivity contribution in [3.63, 3.8) is 0 Å². The van der Waals surface area contributed by atoms with Crippen LogP contribution in [-0.4, -0.2) is 87.2 Å². The van der Waals surface area contributed by atoms with Crippen molar-refractivity contribution < 1.29 is 49.2 Å². The number of carbonyl (C=O) groups excluding carboxylic acids is 4. The van der Waals surface area contributed by atoms with Gasteiger partial charge in [-0.05, 0) is 41.8 Å². The van der Waals surface area contributed by atoms with Crippen molar-refractivity contribution in [2.24, 2.45) is 5.73 Å². The SMILES string of the molecule is NCC(=O)N[C@@H](Cc1ccc(O)cc1)C(=O)N[C@@H](Cc1ccc(O)cc1)C(=O)NCC(=O)N[C@@H](CCC(=O)O)C(=O)O. The smallest absolute Gasteiger partial charge is 0.326 e. The zero-order valence-corrected chi connectivity index (χ0v) is 22.4. The van der Waals surface area contributed by atoms with Gasteiger partial charge in [0.1, 0.15) is 29.6 Å². The van der Waals surface area contributed by atoms with Crippen LogP contribution in [0, 0.1) is 0 Å². The fourth-order valence-corrected chi connectivity index (χ4v) is 3.74. The van der Waals surface area contributed by atoms with Crippen LogP contribution in [0.25, 0.3) is 0 Å². The van der Waals surface area contributed by atoms with Crippen LogP contribution in [0.15, 0.2) is 48.5 Å². The molecule has 0 heterocycles. The molecule has 0 aliphatic rings. The highest BCUT2D eigenvalue weighted by Crippen LogP contribution is 2.13. The number of benzene rings is 2. The summed E-state index contributed by atoms with van der Waals surface area (Å²) in [5.41, 5.74) is 6.49. The highest BCUT2D eigenvalue weighted by atomic mass is 16.4. The van der Waals surface area contributed by atoms with Gasteiger partial charge >= 0.3 is 11.9 Å². The van der Waals surface area contributed by atoms with E-state index in [9.17, 15) is 44.1 Å². The molecule has 2 aromatic rings. The molecule has 42 heavy (non-hydrogen) atoms. The van der Waals surface area contributed by atoms with Gasteiger partial charge in [-0.2, -0.15) is 0 Å². The second kappa shape index (κ2) is 16.2. The minimum Gasteiger partial charge on any atom is -0.508 e. The molecule has 0 aliphatic carbocycles. The molecule has 15 nitrogen and oxygen atoms in total. The van der Waals surface area contributed by atoms with Gasteiger partial charge in [-0.25, -0.2) is 4.79 Å². The number of nitrogens with two attached hydrogens (primary N) is 1. The van der Waals surface area contributed by atoms with Crippen LogP contribution in [0.5, 0.6) is 11.5 Å². The van der Waals surface area contributed by atoms with Crippen molar-refractivity contribution in [3.05, 3.63) is 59.7 Å². The van der Waals surface area contributed by atoms with Crippen LogP contribution in [0.1, 0.15) is 24.0 Å². The summed E-state index contributed by atoms with van der Waals surface area (Å²) >= 11 is 0. The summed E-state index contributed by atoms with van der Waals surface area (Å²) in [5, 5.41) is 46.6. The molecule has 0 fully saturated rings. The lowest BCUT2D eigenvalue weighted by atomic mass is 10.0. The van der Waals surface area contributed by atoms with Crippen molar-refractivity contribution in [1.29, 1.82) is 0 Å². The van der Waals surface area contributed by atoms with E-state index in [1.165, 1.54) is 36.4 Å². The number of hydrogen-bond acceptors (Lipinski definition) is 9. The summed E-state index contributed by atoms with van der Waals surface area (Å²) in [4.78, 5) is 72.8. The molecule has 2 rings (SSSR count). The van der Waals surface area contributed by atoms with Crippen LogP contribution in [0.2, 0.25) is 0 Å². The van der Waals surface area contributed by atoms with E-state index < -0.39 is 73.2 Å². The zero-order chi connectivity index (χ0) is 31.2. The Bertz CT molecular complexity index is 1270. The summed E-state index contributed by atoms with van der Waals surface area (Å²) in [6.07, 6.45) is -0.982. The normalized spacial score (nSPS) is 12.7. The Morgan fingerprint density at radius 3 is 1.60 bits per heavy atom. The highest BCUT2D eigenvalue weighted by molar-refractivity contribution is 5.94. The minimum absolute atomic E-state index is 0.00280. The van der Waals surface area contributed by atoms with E-state index in [1.54, 1.807) is 12.1 Å². The van der Waals surface area contributed by atoms with Gasteiger partial charge in [0.25, 0.3) is 0 Å². The summed E-state index contributed by atoms with van der Waals surface area (Å²) in [6.45, 7) is -1.09. The van der Waals surface area contributed by atoms with Crippen LogP contribution in [-0.2, 0) is 41.6 Å². The maximum Gasteiger partial charge on any atom is 0.326 e. The van der Waals surface area contributed by atoms with E-state index in [0.29, 0.717) is 11.1 Å². The number of carboxylic acid groups (broad SMARTS) is 2. The Hall–Kier alpha value is -5.18. The molecule has 4 amide bonds. The first-order valence-corrected chi connectivity index (χ1v) is 12.7. The van der Waals surface area contributed by atoms with E-state index >= 15 is 0 Å². The summed E-state index contributed by atoms with van der Waals surface area (Å²) in [5.74, 6) is -5.86. The van der Waals surface area contributed by atoms with Crippen molar-refractivity contribution in [1.82, 2.24) is 21.3 Å². The quantitative estimate of drug-likeness (QED) is 0.108.